The number of nitrogens with two attached hydrogens (primary N) is 3. The van der Waals surface area contributed by atoms with Crippen molar-refractivity contribution in [1.29, 1.82) is 0 Å². The lowest BCUT2D eigenvalue weighted by Crippen LogP contribution is -2.15. The molecule has 1 heterocycles. The first-order valence-corrected chi connectivity index (χ1v) is 5.43. The lowest BCUT2D eigenvalue weighted by molar-refractivity contribution is -0.383. The Balaban J connectivity index is 2.24. The fourth-order valence-corrected chi connectivity index (χ4v) is 1.51. The molecule has 0 aliphatic carbocycles. The Labute approximate surface area is 113 Å². The van der Waals surface area contributed by atoms with Crippen molar-refractivity contribution in [2.75, 3.05) is 28.1 Å². The highest BCUT2D eigenvalue weighted by atomic mass is 16.6. The van der Waals surface area contributed by atoms with Crippen LogP contribution < -0.4 is 28.1 Å². The highest BCUT2D eigenvalue weighted by Gasteiger charge is 2.13. The summed E-state index contributed by atoms with van der Waals surface area (Å²) in [4.78, 5) is 17.8. The van der Waals surface area contributed by atoms with Gasteiger partial charge in [-0.3, -0.25) is 21.0 Å². The Bertz CT molecular complexity index is 636. The number of hydrazine groups is 1. The summed E-state index contributed by atoms with van der Waals surface area (Å²) < 4.78 is 0. The third kappa shape index (κ3) is 2.58. The zero-order valence-corrected chi connectivity index (χ0v) is 10.2. The molecule has 0 spiro atoms. The van der Waals surface area contributed by atoms with Crippen LogP contribution in [0, 0.1) is 10.1 Å². The topological polar surface area (TPSA) is 171 Å². The summed E-state index contributed by atoms with van der Waals surface area (Å²) in [5.41, 5.74) is 22.3. The van der Waals surface area contributed by atoms with Gasteiger partial charge in [-0.1, -0.05) is 12.1 Å². The molecule has 0 radical (unpaired) electrons. The van der Waals surface area contributed by atoms with Crippen molar-refractivity contribution in [3.8, 4) is 0 Å². The number of nitrogen functional groups attached to an aromatic ring is 3. The summed E-state index contributed by atoms with van der Waals surface area (Å²) in [5, 5.41) is 10.9. The molecular weight excluding hydrogens is 264 g/mol. The first kappa shape index (κ1) is 13.1. The molecule has 0 atom stereocenters. The van der Waals surface area contributed by atoms with Crippen molar-refractivity contribution < 1.29 is 4.92 Å². The molecule has 1 aromatic carbocycles. The molecule has 0 aliphatic rings. The maximum atomic E-state index is 10.9. The van der Waals surface area contributed by atoms with Crippen molar-refractivity contribution >= 4 is 34.6 Å². The minimum absolute atomic E-state index is 0.0288. The first-order valence-electron chi connectivity index (χ1n) is 5.43. The second-order valence-electron chi connectivity index (χ2n) is 3.75. The van der Waals surface area contributed by atoms with E-state index >= 15 is 0 Å². The average molecular weight is 276 g/mol. The van der Waals surface area contributed by atoms with Crippen LogP contribution in [0.2, 0.25) is 0 Å². The lowest BCUT2D eigenvalue weighted by Gasteiger charge is -2.13. The number of aromatic nitrogens is 2. The maximum Gasteiger partial charge on any atom is 0.294 e. The van der Waals surface area contributed by atoms with Gasteiger partial charge in [-0.2, -0.15) is 9.97 Å². The van der Waals surface area contributed by atoms with Gasteiger partial charge in [-0.25, -0.2) is 0 Å². The number of rotatable bonds is 4. The van der Waals surface area contributed by atoms with Gasteiger partial charge in [0.2, 0.25) is 5.95 Å². The fraction of sp³-hybridized carbons (Fsp3) is 0. The lowest BCUT2D eigenvalue weighted by atomic mass is 10.3. The number of para-hydroxylation sites is 2. The standard InChI is InChI=1S/C10H12N8O2/c11-8-7(9(12)15-10(13)14-8)17-16-5-3-1-2-4-6(5)18(19)20/h1-4,16-17H,(H6,11,12,13,14,15). The Kier molecular flexibility index (Phi) is 3.37. The van der Waals surface area contributed by atoms with Crippen LogP contribution in [0.3, 0.4) is 0 Å². The first-order chi connectivity index (χ1) is 9.49. The largest absolute Gasteiger partial charge is 0.382 e. The molecule has 2 rings (SSSR count). The molecule has 0 bridgehead atoms. The van der Waals surface area contributed by atoms with Crippen LogP contribution in [-0.2, 0) is 0 Å². The third-order valence-electron chi connectivity index (χ3n) is 2.41. The Morgan fingerprint density at radius 3 is 2.25 bits per heavy atom. The molecule has 0 fully saturated rings. The van der Waals surface area contributed by atoms with Crippen molar-refractivity contribution in [2.45, 2.75) is 0 Å². The van der Waals surface area contributed by atoms with E-state index in [0.717, 1.165) is 0 Å². The van der Waals surface area contributed by atoms with Crippen molar-refractivity contribution in [3.05, 3.63) is 34.4 Å². The number of nitrogens with one attached hydrogen (secondary N) is 2. The SMILES string of the molecule is Nc1nc(N)c(NNc2ccccc2[N+](=O)[O-])c(N)n1. The number of nitrogens with zero attached hydrogens (tertiary/aromatic N) is 3. The molecule has 0 aliphatic heterocycles. The second kappa shape index (κ2) is 5.14. The van der Waals surface area contributed by atoms with E-state index in [0.29, 0.717) is 0 Å². The Morgan fingerprint density at radius 1 is 1.05 bits per heavy atom. The average Bonchev–Trinajstić information content (AvgIpc) is 2.37. The van der Waals surface area contributed by atoms with E-state index in [9.17, 15) is 10.1 Å². The number of hydrogen-bond acceptors (Lipinski definition) is 9. The monoisotopic (exact) mass is 276 g/mol. The van der Waals surface area contributed by atoms with Crippen LogP contribution >= 0.6 is 0 Å². The van der Waals surface area contributed by atoms with Crippen molar-refractivity contribution in [1.82, 2.24) is 9.97 Å². The van der Waals surface area contributed by atoms with E-state index in [2.05, 4.69) is 20.8 Å². The van der Waals surface area contributed by atoms with Crippen molar-refractivity contribution in [2.24, 2.45) is 0 Å². The number of nitro benzene ring substituents is 1. The van der Waals surface area contributed by atoms with Crippen LogP contribution in [0.4, 0.5) is 34.6 Å². The number of nitro groups is 1. The van der Waals surface area contributed by atoms with Crippen LogP contribution in [0.1, 0.15) is 0 Å². The van der Waals surface area contributed by atoms with Gasteiger partial charge in [0.1, 0.15) is 11.4 Å². The van der Waals surface area contributed by atoms with Crippen LogP contribution in [0.15, 0.2) is 24.3 Å². The highest BCUT2D eigenvalue weighted by Crippen LogP contribution is 2.26. The summed E-state index contributed by atoms with van der Waals surface area (Å²) in [6.07, 6.45) is 0. The maximum absolute atomic E-state index is 10.9. The molecule has 0 saturated carbocycles. The van der Waals surface area contributed by atoms with E-state index in [-0.39, 0.29) is 34.6 Å². The third-order valence-corrected chi connectivity index (χ3v) is 2.41. The van der Waals surface area contributed by atoms with E-state index in [1.54, 1.807) is 12.1 Å². The highest BCUT2D eigenvalue weighted by molar-refractivity contribution is 5.77. The zero-order valence-electron chi connectivity index (χ0n) is 10.2. The summed E-state index contributed by atoms with van der Waals surface area (Å²) in [5.74, 6) is -0.00147. The van der Waals surface area contributed by atoms with Gasteiger partial charge in [0, 0.05) is 6.07 Å². The summed E-state index contributed by atoms with van der Waals surface area (Å²) in [6, 6.07) is 6.08. The number of hydrogen-bond donors (Lipinski definition) is 5. The summed E-state index contributed by atoms with van der Waals surface area (Å²) in [7, 11) is 0. The van der Waals surface area contributed by atoms with Gasteiger partial charge in [0.15, 0.2) is 11.6 Å². The second-order valence-corrected chi connectivity index (χ2v) is 3.75. The minimum Gasteiger partial charge on any atom is -0.382 e. The molecule has 10 heteroatoms. The molecule has 8 N–H and O–H groups in total. The van der Waals surface area contributed by atoms with E-state index in [4.69, 9.17) is 17.2 Å². The molecular formula is C10H12N8O2. The smallest absolute Gasteiger partial charge is 0.294 e. The van der Waals surface area contributed by atoms with Gasteiger partial charge in [0.05, 0.1) is 4.92 Å². The van der Waals surface area contributed by atoms with Crippen molar-refractivity contribution in [3.63, 3.8) is 0 Å². The molecule has 2 aromatic rings. The van der Waals surface area contributed by atoms with E-state index < -0.39 is 4.92 Å². The van der Waals surface area contributed by atoms with Gasteiger partial charge in [-0.15, -0.1) is 0 Å². The predicted molar refractivity (Wildman–Crippen MR) is 75.6 cm³/mol. The minimum atomic E-state index is -0.518. The molecule has 10 nitrogen and oxygen atoms in total. The molecule has 20 heavy (non-hydrogen) atoms. The molecule has 104 valence electrons. The van der Waals surface area contributed by atoms with Crippen LogP contribution in [-0.4, -0.2) is 14.9 Å². The zero-order chi connectivity index (χ0) is 14.7. The molecule has 0 unspecified atom stereocenters. The van der Waals surface area contributed by atoms with E-state index in [1.807, 2.05) is 0 Å². The Morgan fingerprint density at radius 2 is 1.65 bits per heavy atom. The summed E-state index contributed by atoms with van der Waals surface area (Å²) >= 11 is 0. The van der Waals surface area contributed by atoms with Gasteiger partial charge >= 0.3 is 0 Å². The fourth-order valence-electron chi connectivity index (χ4n) is 1.51. The number of benzene rings is 1. The van der Waals surface area contributed by atoms with Crippen LogP contribution in [0.25, 0.3) is 0 Å². The molecule has 1 aromatic heterocycles. The predicted octanol–water partition coefficient (Wildman–Crippen LogP) is 0.570. The van der Waals surface area contributed by atoms with E-state index in [1.165, 1.54) is 12.1 Å². The summed E-state index contributed by atoms with van der Waals surface area (Å²) in [6.45, 7) is 0. The molecule has 0 amide bonds. The van der Waals surface area contributed by atoms with Gasteiger partial charge < -0.3 is 17.2 Å². The quantitative estimate of drug-likeness (QED) is 0.395. The number of anilines is 5. The molecule has 0 saturated heterocycles. The van der Waals surface area contributed by atoms with Gasteiger partial charge in [-0.05, 0) is 6.07 Å². The normalized spacial score (nSPS) is 10.0. The van der Waals surface area contributed by atoms with Gasteiger partial charge in [0.25, 0.3) is 5.69 Å². The van der Waals surface area contributed by atoms with Crippen LogP contribution in [0.5, 0.6) is 0 Å². The Hall–Kier alpha value is -3.30.